The molecule has 2 N–H and O–H groups in total. The summed E-state index contributed by atoms with van der Waals surface area (Å²) in [7, 11) is 1.62. The Morgan fingerprint density at radius 3 is 2.74 bits per heavy atom. The van der Waals surface area contributed by atoms with Gasteiger partial charge < -0.3 is 20.1 Å². The molecule has 2 heterocycles. The van der Waals surface area contributed by atoms with Crippen molar-refractivity contribution in [1.82, 2.24) is 5.32 Å². The monoisotopic (exact) mass is 440 g/mol. The second-order valence-electron chi connectivity index (χ2n) is 7.86. The molecule has 0 spiro atoms. The molecule has 2 aliphatic rings. The normalized spacial score (nSPS) is 18.0. The summed E-state index contributed by atoms with van der Waals surface area (Å²) < 4.78 is 10.8. The molecule has 1 aromatic carbocycles. The van der Waals surface area contributed by atoms with Crippen molar-refractivity contribution < 1.29 is 19.1 Å². The van der Waals surface area contributed by atoms with E-state index in [1.54, 1.807) is 13.2 Å². The number of aryl methyl sites for hydroxylation is 1. The van der Waals surface area contributed by atoms with Crippen LogP contribution in [0.2, 0.25) is 0 Å². The summed E-state index contributed by atoms with van der Waals surface area (Å²) in [4.78, 5) is 26.8. The molecule has 1 aliphatic carbocycles. The van der Waals surface area contributed by atoms with Gasteiger partial charge in [-0.25, -0.2) is 0 Å². The van der Waals surface area contributed by atoms with Gasteiger partial charge in [0.1, 0.15) is 10.8 Å². The number of hydrogen-bond acceptors (Lipinski definition) is 5. The molecule has 2 aromatic rings. The van der Waals surface area contributed by atoms with Crippen molar-refractivity contribution in [3.8, 4) is 5.75 Å². The smallest absolute Gasteiger partial charge is 0.254 e. The van der Waals surface area contributed by atoms with Crippen molar-refractivity contribution in [2.45, 2.75) is 44.6 Å². The van der Waals surface area contributed by atoms with E-state index < -0.39 is 0 Å². The van der Waals surface area contributed by atoms with E-state index in [-0.39, 0.29) is 17.9 Å². The Balaban J connectivity index is 1.47. The van der Waals surface area contributed by atoms with Crippen LogP contribution in [0.25, 0.3) is 6.08 Å². The number of carbonyl (C=O) groups excluding carboxylic acids is 2. The lowest BCUT2D eigenvalue weighted by atomic mass is 9.95. The SMILES string of the molecule is COc1ccc(/C=C/C(=O)Nc2sc3c(c2C(=O)NC[C@@H]2CCCO2)CCCC3)cc1. The van der Waals surface area contributed by atoms with Gasteiger partial charge in [-0.05, 0) is 67.9 Å². The van der Waals surface area contributed by atoms with Crippen LogP contribution >= 0.6 is 11.3 Å². The molecular formula is C24H28N2O4S. The number of amides is 2. The highest BCUT2D eigenvalue weighted by atomic mass is 32.1. The maximum atomic E-state index is 13.0. The number of nitrogens with one attached hydrogen (secondary N) is 2. The zero-order valence-electron chi connectivity index (χ0n) is 17.7. The maximum Gasteiger partial charge on any atom is 0.254 e. The van der Waals surface area contributed by atoms with Crippen molar-refractivity contribution >= 4 is 34.2 Å². The summed E-state index contributed by atoms with van der Waals surface area (Å²) in [6.07, 6.45) is 9.38. The Labute approximate surface area is 186 Å². The minimum Gasteiger partial charge on any atom is -0.497 e. The Hall–Kier alpha value is -2.64. The number of ether oxygens (including phenoxy) is 2. The minimum atomic E-state index is -0.248. The molecule has 1 atom stereocenters. The predicted molar refractivity (Wildman–Crippen MR) is 123 cm³/mol. The molecule has 2 amide bonds. The van der Waals surface area contributed by atoms with Crippen LogP contribution < -0.4 is 15.4 Å². The van der Waals surface area contributed by atoms with E-state index in [1.165, 1.54) is 22.3 Å². The summed E-state index contributed by atoms with van der Waals surface area (Å²) in [6, 6.07) is 7.47. The van der Waals surface area contributed by atoms with Crippen molar-refractivity contribution in [3.05, 3.63) is 51.9 Å². The second kappa shape index (κ2) is 10.1. The van der Waals surface area contributed by atoms with Crippen LogP contribution in [0.4, 0.5) is 5.00 Å². The highest BCUT2D eigenvalue weighted by Gasteiger charge is 2.27. The van der Waals surface area contributed by atoms with Gasteiger partial charge in [0.25, 0.3) is 5.91 Å². The molecule has 0 unspecified atom stereocenters. The molecule has 1 aromatic heterocycles. The van der Waals surface area contributed by atoms with Gasteiger partial charge in [0.15, 0.2) is 0 Å². The number of fused-ring (bicyclic) bond motifs is 1. The van der Waals surface area contributed by atoms with E-state index in [0.29, 0.717) is 17.1 Å². The third-order valence-electron chi connectivity index (χ3n) is 5.69. The minimum absolute atomic E-state index is 0.0869. The van der Waals surface area contributed by atoms with Crippen molar-refractivity contribution in [2.24, 2.45) is 0 Å². The van der Waals surface area contributed by atoms with E-state index in [9.17, 15) is 9.59 Å². The van der Waals surface area contributed by atoms with Gasteiger partial charge in [-0.1, -0.05) is 12.1 Å². The molecule has 1 aliphatic heterocycles. The third kappa shape index (κ3) is 5.35. The first kappa shape index (κ1) is 21.6. The number of carbonyl (C=O) groups is 2. The van der Waals surface area contributed by atoms with Gasteiger partial charge in [0.2, 0.25) is 5.91 Å². The number of rotatable bonds is 7. The highest BCUT2D eigenvalue weighted by molar-refractivity contribution is 7.17. The molecule has 0 saturated carbocycles. The van der Waals surface area contributed by atoms with Crippen LogP contribution in [0.1, 0.15) is 52.0 Å². The summed E-state index contributed by atoms with van der Waals surface area (Å²) in [5, 5.41) is 6.61. The molecule has 0 radical (unpaired) electrons. The van der Waals surface area contributed by atoms with Crippen LogP contribution in [-0.2, 0) is 22.4 Å². The summed E-state index contributed by atoms with van der Waals surface area (Å²) in [6.45, 7) is 1.27. The van der Waals surface area contributed by atoms with E-state index in [1.807, 2.05) is 24.3 Å². The Kier molecular flexibility index (Phi) is 7.04. The van der Waals surface area contributed by atoms with Crippen LogP contribution in [-0.4, -0.2) is 38.2 Å². The lowest BCUT2D eigenvalue weighted by Gasteiger charge is -2.15. The first-order chi connectivity index (χ1) is 15.1. The van der Waals surface area contributed by atoms with Crippen molar-refractivity contribution in [2.75, 3.05) is 25.6 Å². The van der Waals surface area contributed by atoms with Gasteiger partial charge in [-0.3, -0.25) is 9.59 Å². The molecule has 1 saturated heterocycles. The number of benzene rings is 1. The number of thiophene rings is 1. The lowest BCUT2D eigenvalue weighted by molar-refractivity contribution is -0.111. The van der Waals surface area contributed by atoms with Gasteiger partial charge in [-0.2, -0.15) is 0 Å². The fourth-order valence-corrected chi connectivity index (χ4v) is 5.32. The largest absolute Gasteiger partial charge is 0.497 e. The quantitative estimate of drug-likeness (QED) is 0.633. The standard InChI is InChI=1S/C24H28N2O4S/c1-29-17-11-8-16(9-12-17)10-13-21(27)26-24-22(19-6-2-3-7-20(19)31-24)23(28)25-15-18-5-4-14-30-18/h8-13,18H,2-7,14-15H2,1H3,(H,25,28)(H,26,27)/b13-10+/t18-/m0/s1. The van der Waals surface area contributed by atoms with Crippen LogP contribution in [0, 0.1) is 0 Å². The van der Waals surface area contributed by atoms with Gasteiger partial charge in [-0.15, -0.1) is 11.3 Å². The number of methoxy groups -OCH3 is 1. The molecular weight excluding hydrogens is 412 g/mol. The van der Waals surface area contributed by atoms with Crippen molar-refractivity contribution in [3.63, 3.8) is 0 Å². The van der Waals surface area contributed by atoms with E-state index in [0.717, 1.165) is 62.0 Å². The molecule has 4 rings (SSSR count). The van der Waals surface area contributed by atoms with Gasteiger partial charge in [0, 0.05) is 24.1 Å². The zero-order valence-corrected chi connectivity index (χ0v) is 18.6. The second-order valence-corrected chi connectivity index (χ2v) is 8.96. The van der Waals surface area contributed by atoms with Gasteiger partial charge in [0.05, 0.1) is 18.8 Å². The summed E-state index contributed by atoms with van der Waals surface area (Å²) in [5.41, 5.74) is 2.62. The average molecular weight is 441 g/mol. The number of anilines is 1. The molecule has 0 bridgehead atoms. The Morgan fingerprint density at radius 2 is 2.00 bits per heavy atom. The summed E-state index contributed by atoms with van der Waals surface area (Å²) in [5.74, 6) is 0.399. The highest BCUT2D eigenvalue weighted by Crippen LogP contribution is 2.38. The Morgan fingerprint density at radius 1 is 1.19 bits per heavy atom. The van der Waals surface area contributed by atoms with Crippen LogP contribution in [0.5, 0.6) is 5.75 Å². The number of hydrogen-bond donors (Lipinski definition) is 2. The van der Waals surface area contributed by atoms with E-state index >= 15 is 0 Å². The third-order valence-corrected chi connectivity index (χ3v) is 6.90. The fraction of sp³-hybridized carbons (Fsp3) is 0.417. The molecule has 6 nitrogen and oxygen atoms in total. The summed E-state index contributed by atoms with van der Waals surface area (Å²) >= 11 is 1.53. The van der Waals surface area contributed by atoms with Crippen molar-refractivity contribution in [1.29, 1.82) is 0 Å². The lowest BCUT2D eigenvalue weighted by Crippen LogP contribution is -2.32. The molecule has 7 heteroatoms. The molecule has 31 heavy (non-hydrogen) atoms. The fourth-order valence-electron chi connectivity index (χ4n) is 4.03. The van der Waals surface area contributed by atoms with Gasteiger partial charge >= 0.3 is 0 Å². The zero-order chi connectivity index (χ0) is 21.6. The average Bonchev–Trinajstić information content (AvgIpc) is 3.44. The van der Waals surface area contributed by atoms with E-state index in [2.05, 4.69) is 10.6 Å². The molecule has 1 fully saturated rings. The topological polar surface area (TPSA) is 76.7 Å². The van der Waals surface area contributed by atoms with Crippen LogP contribution in [0.3, 0.4) is 0 Å². The van der Waals surface area contributed by atoms with Crippen LogP contribution in [0.15, 0.2) is 30.3 Å². The van der Waals surface area contributed by atoms with E-state index in [4.69, 9.17) is 9.47 Å². The molecule has 164 valence electrons. The first-order valence-corrected chi connectivity index (χ1v) is 11.6. The predicted octanol–water partition coefficient (Wildman–Crippen LogP) is 4.20. The Bertz CT molecular complexity index is 959. The first-order valence-electron chi connectivity index (χ1n) is 10.8. The maximum absolute atomic E-state index is 13.0.